The number of para-hydroxylation sites is 1. The van der Waals surface area contributed by atoms with Crippen LogP contribution in [0, 0.1) is 11.8 Å². The van der Waals surface area contributed by atoms with Crippen LogP contribution in [0.25, 0.3) is 6.08 Å². The average molecular weight is 402 g/mol. The number of allylic oxidation sites excluding steroid dienone is 1. The second-order valence-corrected chi connectivity index (χ2v) is 7.86. The minimum absolute atomic E-state index is 0.217. The number of carbonyl (C=O) groups is 3. The number of carbonyl (C=O) groups excluding carboxylic acids is 3. The monoisotopic (exact) mass is 402 g/mol. The van der Waals surface area contributed by atoms with Crippen molar-refractivity contribution in [1.82, 2.24) is 4.90 Å². The summed E-state index contributed by atoms with van der Waals surface area (Å²) in [7, 11) is 0. The van der Waals surface area contributed by atoms with Gasteiger partial charge in [0.05, 0.1) is 30.2 Å². The number of esters is 1. The second kappa shape index (κ2) is 6.83. The van der Waals surface area contributed by atoms with Crippen molar-refractivity contribution >= 4 is 29.5 Å². The molecule has 3 aliphatic rings. The van der Waals surface area contributed by atoms with Crippen LogP contribution < -0.4 is 4.90 Å². The van der Waals surface area contributed by atoms with Crippen LogP contribution >= 0.6 is 0 Å². The number of benzene rings is 2. The summed E-state index contributed by atoms with van der Waals surface area (Å²) in [4.78, 5) is 43.3. The quantitative estimate of drug-likeness (QED) is 0.583. The van der Waals surface area contributed by atoms with E-state index in [0.29, 0.717) is 5.69 Å². The van der Waals surface area contributed by atoms with Gasteiger partial charge in [0, 0.05) is 5.70 Å². The summed E-state index contributed by atoms with van der Waals surface area (Å²) in [5, 5.41) is 0. The van der Waals surface area contributed by atoms with E-state index in [4.69, 9.17) is 4.74 Å². The van der Waals surface area contributed by atoms with Gasteiger partial charge in [-0.1, -0.05) is 42.5 Å². The molecule has 0 aliphatic carbocycles. The molecule has 0 N–H and O–H groups in total. The summed E-state index contributed by atoms with van der Waals surface area (Å²) in [6.45, 7) is 3.88. The Balaban J connectivity index is 1.67. The minimum atomic E-state index is -0.824. The molecule has 2 fully saturated rings. The Morgan fingerprint density at radius 3 is 2.37 bits per heavy atom. The Morgan fingerprint density at radius 2 is 1.63 bits per heavy atom. The van der Waals surface area contributed by atoms with Crippen LogP contribution in [-0.4, -0.2) is 35.3 Å². The van der Waals surface area contributed by atoms with E-state index in [-0.39, 0.29) is 24.5 Å². The molecule has 4 atom stereocenters. The van der Waals surface area contributed by atoms with Crippen LogP contribution in [0.4, 0.5) is 5.69 Å². The molecular weight excluding hydrogens is 380 g/mol. The normalized spacial score (nSPS) is 26.8. The predicted octanol–water partition coefficient (Wildman–Crippen LogP) is 3.16. The number of fused-ring (bicyclic) bond motifs is 5. The van der Waals surface area contributed by atoms with Crippen molar-refractivity contribution in [2.24, 2.45) is 11.8 Å². The van der Waals surface area contributed by atoms with Crippen LogP contribution in [0.5, 0.6) is 0 Å². The van der Waals surface area contributed by atoms with Crippen molar-refractivity contribution in [2.75, 3.05) is 11.5 Å². The first-order valence-electron chi connectivity index (χ1n) is 10.2. The van der Waals surface area contributed by atoms with E-state index in [0.717, 1.165) is 16.8 Å². The number of anilines is 1. The SMILES string of the molecule is CCOC(=O)[C@@H]1[C@H]2C(=O)N(c3ccccc3)C(=O)[C@H]2[C@H]2c3ccccc3C=C(C)N12. The Bertz CT molecular complexity index is 1080. The van der Waals surface area contributed by atoms with Gasteiger partial charge in [0.15, 0.2) is 0 Å². The zero-order valence-electron chi connectivity index (χ0n) is 16.8. The zero-order chi connectivity index (χ0) is 21.0. The molecule has 2 aromatic carbocycles. The van der Waals surface area contributed by atoms with E-state index in [1.54, 1.807) is 31.2 Å². The molecule has 152 valence electrons. The van der Waals surface area contributed by atoms with Gasteiger partial charge in [-0.25, -0.2) is 9.69 Å². The van der Waals surface area contributed by atoms with Crippen molar-refractivity contribution in [3.8, 4) is 0 Å². The largest absolute Gasteiger partial charge is 0.464 e. The number of amides is 2. The van der Waals surface area contributed by atoms with Gasteiger partial charge in [0.1, 0.15) is 6.04 Å². The fraction of sp³-hybridized carbons (Fsp3) is 0.292. The van der Waals surface area contributed by atoms with Crippen LogP contribution in [0.3, 0.4) is 0 Å². The highest BCUT2D eigenvalue weighted by atomic mass is 16.5. The number of hydrogen-bond donors (Lipinski definition) is 0. The third kappa shape index (κ3) is 2.46. The maximum absolute atomic E-state index is 13.6. The highest BCUT2D eigenvalue weighted by Gasteiger charge is 2.65. The van der Waals surface area contributed by atoms with E-state index in [1.807, 2.05) is 48.2 Å². The number of nitrogens with zero attached hydrogens (tertiary/aromatic N) is 2. The van der Waals surface area contributed by atoms with Gasteiger partial charge in [-0.15, -0.1) is 0 Å². The fourth-order valence-corrected chi connectivity index (χ4v) is 5.21. The molecule has 6 heteroatoms. The number of imide groups is 1. The van der Waals surface area contributed by atoms with E-state index >= 15 is 0 Å². The minimum Gasteiger partial charge on any atom is -0.464 e. The number of ether oxygens (including phenoxy) is 1. The number of rotatable bonds is 3. The van der Waals surface area contributed by atoms with Gasteiger partial charge >= 0.3 is 5.97 Å². The molecule has 0 radical (unpaired) electrons. The molecule has 0 bridgehead atoms. The molecule has 5 rings (SSSR count). The first kappa shape index (κ1) is 18.6. The summed E-state index contributed by atoms with van der Waals surface area (Å²) in [6.07, 6.45) is 2.00. The van der Waals surface area contributed by atoms with Gasteiger partial charge < -0.3 is 9.64 Å². The van der Waals surface area contributed by atoms with Gasteiger partial charge in [-0.3, -0.25) is 9.59 Å². The Labute approximate surface area is 174 Å². The lowest BCUT2D eigenvalue weighted by molar-refractivity contribution is -0.151. The molecule has 0 aromatic heterocycles. The van der Waals surface area contributed by atoms with E-state index in [1.165, 1.54) is 4.90 Å². The van der Waals surface area contributed by atoms with Crippen LogP contribution in [0.15, 0.2) is 60.3 Å². The zero-order valence-corrected chi connectivity index (χ0v) is 16.8. The summed E-state index contributed by atoms with van der Waals surface area (Å²) >= 11 is 0. The highest BCUT2D eigenvalue weighted by molar-refractivity contribution is 6.23. The van der Waals surface area contributed by atoms with Crippen molar-refractivity contribution in [3.63, 3.8) is 0 Å². The van der Waals surface area contributed by atoms with Crippen LogP contribution in [0.2, 0.25) is 0 Å². The smallest absolute Gasteiger partial charge is 0.329 e. The van der Waals surface area contributed by atoms with Crippen molar-refractivity contribution < 1.29 is 19.1 Å². The highest BCUT2D eigenvalue weighted by Crippen LogP contribution is 2.54. The maximum Gasteiger partial charge on any atom is 0.329 e. The van der Waals surface area contributed by atoms with Crippen molar-refractivity contribution in [1.29, 1.82) is 0 Å². The molecule has 30 heavy (non-hydrogen) atoms. The first-order chi connectivity index (χ1) is 14.5. The van der Waals surface area contributed by atoms with Crippen LogP contribution in [0.1, 0.15) is 31.0 Å². The molecule has 2 saturated heterocycles. The third-order valence-corrected chi connectivity index (χ3v) is 6.31. The number of hydrogen-bond acceptors (Lipinski definition) is 5. The molecule has 0 saturated carbocycles. The molecule has 2 aromatic rings. The molecule has 6 nitrogen and oxygen atoms in total. The lowest BCUT2D eigenvalue weighted by Crippen LogP contribution is -2.46. The molecular formula is C24H22N2O4. The van der Waals surface area contributed by atoms with Crippen molar-refractivity contribution in [2.45, 2.75) is 25.9 Å². The maximum atomic E-state index is 13.6. The first-order valence-corrected chi connectivity index (χ1v) is 10.2. The Morgan fingerprint density at radius 1 is 0.967 bits per heavy atom. The molecule has 3 heterocycles. The standard InChI is InChI=1S/C24H22N2O4/c1-3-30-24(29)21-19-18(22(27)26(23(19)28)16-10-5-4-6-11-16)20-17-12-8-7-9-15(17)13-14(2)25(20)21/h4-13,18-21H,3H2,1-2H3/t18-,19+,20-,21+/m1/s1. The average Bonchev–Trinajstić information content (AvgIpc) is 3.23. The third-order valence-electron chi connectivity index (χ3n) is 6.31. The predicted molar refractivity (Wildman–Crippen MR) is 111 cm³/mol. The summed E-state index contributed by atoms with van der Waals surface area (Å²) < 4.78 is 5.35. The van der Waals surface area contributed by atoms with E-state index in [9.17, 15) is 14.4 Å². The fourth-order valence-electron chi connectivity index (χ4n) is 5.21. The second-order valence-electron chi connectivity index (χ2n) is 7.86. The van der Waals surface area contributed by atoms with Crippen molar-refractivity contribution in [3.05, 3.63) is 71.4 Å². The van der Waals surface area contributed by atoms with Gasteiger partial charge in [0.25, 0.3) is 0 Å². The summed E-state index contributed by atoms with van der Waals surface area (Å²) in [6, 6.07) is 15.6. The molecule has 3 aliphatic heterocycles. The molecule has 0 spiro atoms. The summed E-state index contributed by atoms with van der Waals surface area (Å²) in [5.41, 5.74) is 3.37. The van der Waals surface area contributed by atoms with E-state index < -0.39 is 23.8 Å². The molecule has 2 amide bonds. The molecule has 0 unspecified atom stereocenters. The van der Waals surface area contributed by atoms with Gasteiger partial charge in [-0.05, 0) is 43.2 Å². The van der Waals surface area contributed by atoms with Gasteiger partial charge in [0.2, 0.25) is 11.8 Å². The van der Waals surface area contributed by atoms with E-state index in [2.05, 4.69) is 0 Å². The van der Waals surface area contributed by atoms with Crippen LogP contribution in [-0.2, 0) is 19.1 Å². The lowest BCUT2D eigenvalue weighted by atomic mass is 9.84. The lowest BCUT2D eigenvalue weighted by Gasteiger charge is -2.38. The topological polar surface area (TPSA) is 66.9 Å². The Hall–Kier alpha value is -3.41. The van der Waals surface area contributed by atoms with Gasteiger partial charge in [-0.2, -0.15) is 0 Å². The Kier molecular flexibility index (Phi) is 4.24. The summed E-state index contributed by atoms with van der Waals surface area (Å²) in [5.74, 6) is -2.48.